The highest BCUT2D eigenvalue weighted by Crippen LogP contribution is 2.06. The number of nitrogens with zero attached hydrogens (tertiary/aromatic N) is 2. The van der Waals surface area contributed by atoms with Gasteiger partial charge in [-0.15, -0.1) is 0 Å². The van der Waals surface area contributed by atoms with Crippen molar-refractivity contribution in [1.29, 1.82) is 0 Å². The van der Waals surface area contributed by atoms with Crippen molar-refractivity contribution in [2.24, 2.45) is 0 Å². The molecule has 1 aromatic rings. The molecule has 1 amide bonds. The number of nitrogens with one attached hydrogen (secondary N) is 1. The van der Waals surface area contributed by atoms with Crippen LogP contribution in [0.3, 0.4) is 0 Å². The van der Waals surface area contributed by atoms with E-state index in [1.54, 1.807) is 6.20 Å². The van der Waals surface area contributed by atoms with Crippen LogP contribution in [0.2, 0.25) is 0 Å². The van der Waals surface area contributed by atoms with Gasteiger partial charge in [-0.3, -0.25) is 9.48 Å². The van der Waals surface area contributed by atoms with Crippen molar-refractivity contribution in [1.82, 2.24) is 15.1 Å². The minimum absolute atomic E-state index is 0.103. The molecule has 0 saturated heterocycles. The fourth-order valence-corrected chi connectivity index (χ4v) is 1.38. The first-order valence-electron chi connectivity index (χ1n) is 4.67. The molecule has 0 radical (unpaired) electrons. The number of aryl methyl sites for hydroxylation is 1. The minimum Gasteiger partial charge on any atom is -0.356 e. The number of aromatic nitrogens is 2. The lowest BCUT2D eigenvalue weighted by molar-refractivity contribution is -0.120. The fourth-order valence-electron chi connectivity index (χ4n) is 1.05. The van der Waals surface area contributed by atoms with Gasteiger partial charge in [0.1, 0.15) is 0 Å². The van der Waals surface area contributed by atoms with Crippen molar-refractivity contribution in [2.45, 2.75) is 26.3 Å². The van der Waals surface area contributed by atoms with Crippen LogP contribution in [0.25, 0.3) is 0 Å². The molecule has 0 bridgehead atoms. The van der Waals surface area contributed by atoms with Gasteiger partial charge in [0.2, 0.25) is 5.91 Å². The first-order valence-corrected chi connectivity index (χ1v) is 5.46. The molecule has 0 spiro atoms. The summed E-state index contributed by atoms with van der Waals surface area (Å²) in [4.78, 5) is 10.9. The van der Waals surface area contributed by atoms with Gasteiger partial charge in [-0.25, -0.2) is 0 Å². The van der Waals surface area contributed by atoms with Crippen molar-refractivity contribution in [3.8, 4) is 0 Å². The van der Waals surface area contributed by atoms with Gasteiger partial charge >= 0.3 is 0 Å². The quantitative estimate of drug-likeness (QED) is 0.817. The van der Waals surface area contributed by atoms with E-state index < -0.39 is 0 Å². The highest BCUT2D eigenvalue weighted by atomic mass is 79.9. The normalized spacial score (nSPS) is 10.1. The topological polar surface area (TPSA) is 46.9 Å². The average molecular weight is 260 g/mol. The molecule has 0 aliphatic carbocycles. The maximum absolute atomic E-state index is 10.9. The molecule has 1 N–H and O–H groups in total. The Kier molecular flexibility index (Phi) is 4.65. The molecule has 0 aromatic carbocycles. The standard InChI is InChI=1S/C9H14BrN3O/c1-2-9(14)11-4-3-5-13-7-8(10)6-12-13/h6-7H,2-5H2,1H3,(H,11,14). The second-order valence-electron chi connectivity index (χ2n) is 2.98. The van der Waals surface area contributed by atoms with Crippen molar-refractivity contribution in [3.05, 3.63) is 16.9 Å². The molecule has 0 saturated carbocycles. The molecule has 0 fully saturated rings. The van der Waals surface area contributed by atoms with E-state index >= 15 is 0 Å². The van der Waals surface area contributed by atoms with Gasteiger partial charge in [-0.05, 0) is 22.4 Å². The Bertz CT molecular complexity index is 298. The van der Waals surface area contributed by atoms with Gasteiger partial charge in [-0.1, -0.05) is 6.92 Å². The molecule has 5 heteroatoms. The molecule has 1 rings (SSSR count). The zero-order valence-corrected chi connectivity index (χ0v) is 9.75. The smallest absolute Gasteiger partial charge is 0.219 e. The summed E-state index contributed by atoms with van der Waals surface area (Å²) in [6, 6.07) is 0. The number of carbonyl (C=O) groups is 1. The van der Waals surface area contributed by atoms with E-state index in [9.17, 15) is 4.79 Å². The van der Waals surface area contributed by atoms with Gasteiger partial charge < -0.3 is 5.32 Å². The Morgan fingerprint density at radius 2 is 2.50 bits per heavy atom. The summed E-state index contributed by atoms with van der Waals surface area (Å²) in [6.45, 7) is 3.39. The van der Waals surface area contributed by atoms with Crippen LogP contribution in [0.1, 0.15) is 19.8 Å². The zero-order chi connectivity index (χ0) is 10.4. The average Bonchev–Trinajstić information content (AvgIpc) is 2.58. The van der Waals surface area contributed by atoms with Crippen LogP contribution in [-0.2, 0) is 11.3 Å². The number of hydrogen-bond donors (Lipinski definition) is 1. The first kappa shape index (κ1) is 11.2. The van der Waals surface area contributed by atoms with E-state index in [0.29, 0.717) is 13.0 Å². The predicted molar refractivity (Wildman–Crippen MR) is 57.8 cm³/mol. The largest absolute Gasteiger partial charge is 0.356 e. The van der Waals surface area contributed by atoms with Gasteiger partial charge in [0.15, 0.2) is 0 Å². The molecule has 1 heterocycles. The molecule has 0 aliphatic rings. The zero-order valence-electron chi connectivity index (χ0n) is 8.16. The molecule has 1 aromatic heterocycles. The number of amides is 1. The second kappa shape index (κ2) is 5.80. The van der Waals surface area contributed by atoms with Crippen LogP contribution >= 0.6 is 15.9 Å². The number of hydrogen-bond acceptors (Lipinski definition) is 2. The summed E-state index contributed by atoms with van der Waals surface area (Å²) in [6.07, 6.45) is 5.12. The van der Waals surface area contributed by atoms with E-state index in [4.69, 9.17) is 0 Å². The molecule has 4 nitrogen and oxygen atoms in total. The van der Waals surface area contributed by atoms with Gasteiger partial charge in [0, 0.05) is 25.7 Å². The monoisotopic (exact) mass is 259 g/mol. The van der Waals surface area contributed by atoms with Crippen molar-refractivity contribution < 1.29 is 4.79 Å². The molecule has 0 atom stereocenters. The van der Waals surface area contributed by atoms with Gasteiger partial charge in [0.05, 0.1) is 10.7 Å². The molecule has 78 valence electrons. The van der Waals surface area contributed by atoms with Gasteiger partial charge in [-0.2, -0.15) is 5.10 Å². The molecule has 14 heavy (non-hydrogen) atoms. The van der Waals surface area contributed by atoms with Crippen molar-refractivity contribution >= 4 is 21.8 Å². The van der Waals surface area contributed by atoms with Crippen LogP contribution in [0.15, 0.2) is 16.9 Å². The molecular weight excluding hydrogens is 246 g/mol. The van der Waals surface area contributed by atoms with Crippen LogP contribution in [-0.4, -0.2) is 22.2 Å². The lowest BCUT2D eigenvalue weighted by atomic mass is 10.4. The van der Waals surface area contributed by atoms with Crippen LogP contribution in [0.4, 0.5) is 0 Å². The maximum atomic E-state index is 10.9. The van der Waals surface area contributed by atoms with Crippen LogP contribution < -0.4 is 5.32 Å². The van der Waals surface area contributed by atoms with Crippen molar-refractivity contribution in [2.75, 3.05) is 6.54 Å². The number of carbonyl (C=O) groups excluding carboxylic acids is 1. The first-order chi connectivity index (χ1) is 6.72. The summed E-state index contributed by atoms with van der Waals surface area (Å²) < 4.78 is 2.83. The summed E-state index contributed by atoms with van der Waals surface area (Å²) in [7, 11) is 0. The van der Waals surface area contributed by atoms with E-state index in [-0.39, 0.29) is 5.91 Å². The van der Waals surface area contributed by atoms with Crippen molar-refractivity contribution in [3.63, 3.8) is 0 Å². The summed E-state index contributed by atoms with van der Waals surface area (Å²) in [5.41, 5.74) is 0. The van der Waals surface area contributed by atoms with Crippen LogP contribution in [0, 0.1) is 0 Å². The maximum Gasteiger partial charge on any atom is 0.219 e. The molecule has 0 aliphatic heterocycles. The van der Waals surface area contributed by atoms with E-state index in [0.717, 1.165) is 17.4 Å². The lowest BCUT2D eigenvalue weighted by Crippen LogP contribution is -2.24. The van der Waals surface area contributed by atoms with Crippen LogP contribution in [0.5, 0.6) is 0 Å². The van der Waals surface area contributed by atoms with E-state index in [2.05, 4.69) is 26.3 Å². The summed E-state index contributed by atoms with van der Waals surface area (Å²) in [5.74, 6) is 0.103. The highest BCUT2D eigenvalue weighted by Gasteiger charge is 1.97. The SMILES string of the molecule is CCC(=O)NCCCn1cc(Br)cn1. The Balaban J connectivity index is 2.13. The predicted octanol–water partition coefficient (Wildman–Crippen LogP) is 1.56. The molecular formula is C9H14BrN3O. The third-order valence-electron chi connectivity index (χ3n) is 1.81. The Morgan fingerprint density at radius 1 is 1.71 bits per heavy atom. The summed E-state index contributed by atoms with van der Waals surface area (Å²) in [5, 5.41) is 6.93. The number of rotatable bonds is 5. The minimum atomic E-state index is 0.103. The lowest BCUT2D eigenvalue weighted by Gasteiger charge is -2.03. The number of halogens is 1. The Labute approximate surface area is 91.8 Å². The Hall–Kier alpha value is -0.840. The van der Waals surface area contributed by atoms with E-state index in [1.165, 1.54) is 0 Å². The third-order valence-corrected chi connectivity index (χ3v) is 2.22. The summed E-state index contributed by atoms with van der Waals surface area (Å²) >= 11 is 3.32. The highest BCUT2D eigenvalue weighted by molar-refractivity contribution is 9.10. The van der Waals surface area contributed by atoms with Gasteiger partial charge in [0.25, 0.3) is 0 Å². The fraction of sp³-hybridized carbons (Fsp3) is 0.556. The third kappa shape index (κ3) is 3.91. The Morgan fingerprint density at radius 3 is 3.07 bits per heavy atom. The second-order valence-corrected chi connectivity index (χ2v) is 3.89. The van der Waals surface area contributed by atoms with E-state index in [1.807, 2.05) is 17.8 Å². The molecule has 0 unspecified atom stereocenters.